The number of halogens is 1. The van der Waals surface area contributed by atoms with Crippen LogP contribution in [0.5, 0.6) is 0 Å². The number of aliphatic imine (C=N–C) groups is 1. The average molecular weight is 461 g/mol. The summed E-state index contributed by atoms with van der Waals surface area (Å²) < 4.78 is 11.0. The fourth-order valence-corrected chi connectivity index (χ4v) is 3.14. The lowest BCUT2D eigenvalue weighted by molar-refractivity contribution is 0.114. The third-order valence-corrected chi connectivity index (χ3v) is 4.60. The van der Waals surface area contributed by atoms with E-state index in [0.29, 0.717) is 12.6 Å². The molecule has 2 aromatic rings. The molecule has 1 atom stereocenters. The monoisotopic (exact) mass is 461 g/mol. The van der Waals surface area contributed by atoms with Crippen LogP contribution in [-0.2, 0) is 17.7 Å². The molecule has 0 saturated carbocycles. The summed E-state index contributed by atoms with van der Waals surface area (Å²) in [6.07, 6.45) is 5.12. The van der Waals surface area contributed by atoms with Crippen LogP contribution < -0.4 is 10.6 Å². The summed E-state index contributed by atoms with van der Waals surface area (Å²) in [5, 5.41) is 8.84. The summed E-state index contributed by atoms with van der Waals surface area (Å²) in [7, 11) is 0. The van der Waals surface area contributed by atoms with E-state index in [1.54, 1.807) is 17.6 Å². The van der Waals surface area contributed by atoms with Crippen molar-refractivity contribution >= 4 is 41.3 Å². The molecule has 0 bridgehead atoms. The van der Waals surface area contributed by atoms with E-state index in [4.69, 9.17) is 9.15 Å². The number of guanidine groups is 1. The summed E-state index contributed by atoms with van der Waals surface area (Å²) in [6, 6.07) is 8.06. The first-order valence-electron chi connectivity index (χ1n) is 8.09. The molecule has 24 heavy (non-hydrogen) atoms. The SMILES string of the molecule is I.c1coc(CCNC(=NCc2cccs2)NCC2CCCO2)c1. The van der Waals surface area contributed by atoms with Crippen molar-refractivity contribution in [2.45, 2.75) is 31.9 Å². The van der Waals surface area contributed by atoms with Gasteiger partial charge in [-0.3, -0.25) is 0 Å². The minimum absolute atomic E-state index is 0. The van der Waals surface area contributed by atoms with Crippen LogP contribution in [0.25, 0.3) is 0 Å². The Labute approximate surface area is 163 Å². The molecule has 0 aromatic carbocycles. The van der Waals surface area contributed by atoms with Crippen LogP contribution in [0.1, 0.15) is 23.5 Å². The summed E-state index contributed by atoms with van der Waals surface area (Å²) in [4.78, 5) is 5.92. The number of thiophene rings is 1. The quantitative estimate of drug-likeness (QED) is 0.377. The Bertz CT molecular complexity index is 581. The van der Waals surface area contributed by atoms with Gasteiger partial charge in [0.2, 0.25) is 0 Å². The first-order valence-corrected chi connectivity index (χ1v) is 8.96. The maximum Gasteiger partial charge on any atom is 0.191 e. The molecule has 5 nitrogen and oxygen atoms in total. The lowest BCUT2D eigenvalue weighted by atomic mass is 10.2. The van der Waals surface area contributed by atoms with Crippen LogP contribution in [0.15, 0.2) is 45.3 Å². The van der Waals surface area contributed by atoms with Crippen molar-refractivity contribution in [3.05, 3.63) is 46.5 Å². The van der Waals surface area contributed by atoms with Crippen molar-refractivity contribution in [1.29, 1.82) is 0 Å². The predicted octanol–water partition coefficient (Wildman–Crippen LogP) is 3.42. The number of furan rings is 1. The molecule has 1 fully saturated rings. The van der Waals surface area contributed by atoms with Gasteiger partial charge < -0.3 is 19.8 Å². The zero-order chi connectivity index (χ0) is 15.7. The smallest absolute Gasteiger partial charge is 0.191 e. The number of hydrogen-bond donors (Lipinski definition) is 2. The van der Waals surface area contributed by atoms with Gasteiger partial charge >= 0.3 is 0 Å². The van der Waals surface area contributed by atoms with E-state index < -0.39 is 0 Å². The minimum atomic E-state index is 0. The minimum Gasteiger partial charge on any atom is -0.469 e. The normalized spacial score (nSPS) is 17.5. The summed E-state index contributed by atoms with van der Waals surface area (Å²) in [6.45, 7) is 3.16. The molecule has 132 valence electrons. The maximum absolute atomic E-state index is 5.66. The van der Waals surface area contributed by atoms with E-state index in [9.17, 15) is 0 Å². The van der Waals surface area contributed by atoms with Crippen LogP contribution in [0.2, 0.25) is 0 Å². The van der Waals surface area contributed by atoms with Crippen molar-refractivity contribution in [2.75, 3.05) is 19.7 Å². The van der Waals surface area contributed by atoms with Gasteiger partial charge in [-0.15, -0.1) is 35.3 Å². The molecule has 1 unspecified atom stereocenters. The van der Waals surface area contributed by atoms with Crippen molar-refractivity contribution in [2.24, 2.45) is 4.99 Å². The molecule has 2 N–H and O–H groups in total. The van der Waals surface area contributed by atoms with Gasteiger partial charge in [-0.25, -0.2) is 4.99 Å². The van der Waals surface area contributed by atoms with Crippen LogP contribution >= 0.6 is 35.3 Å². The second kappa shape index (κ2) is 10.7. The molecule has 0 radical (unpaired) electrons. The Morgan fingerprint density at radius 1 is 1.29 bits per heavy atom. The van der Waals surface area contributed by atoms with E-state index >= 15 is 0 Å². The van der Waals surface area contributed by atoms with Crippen molar-refractivity contribution in [3.63, 3.8) is 0 Å². The first-order chi connectivity index (χ1) is 11.4. The number of nitrogens with one attached hydrogen (secondary N) is 2. The fourth-order valence-electron chi connectivity index (χ4n) is 2.51. The van der Waals surface area contributed by atoms with Gasteiger partial charge in [0.15, 0.2) is 5.96 Å². The largest absolute Gasteiger partial charge is 0.469 e. The second-order valence-electron chi connectivity index (χ2n) is 5.52. The zero-order valence-electron chi connectivity index (χ0n) is 13.6. The molecular formula is C17H24IN3O2S. The van der Waals surface area contributed by atoms with E-state index in [2.05, 4.69) is 33.1 Å². The highest BCUT2D eigenvalue weighted by Gasteiger charge is 2.15. The van der Waals surface area contributed by atoms with Crippen molar-refractivity contribution in [1.82, 2.24) is 10.6 Å². The molecule has 0 aliphatic carbocycles. The van der Waals surface area contributed by atoms with Gasteiger partial charge in [-0.1, -0.05) is 6.07 Å². The Morgan fingerprint density at radius 2 is 2.25 bits per heavy atom. The van der Waals surface area contributed by atoms with Crippen LogP contribution in [0.3, 0.4) is 0 Å². The van der Waals surface area contributed by atoms with E-state index in [0.717, 1.165) is 50.7 Å². The number of nitrogens with zero attached hydrogens (tertiary/aromatic N) is 1. The molecule has 1 saturated heterocycles. The topological polar surface area (TPSA) is 58.8 Å². The highest BCUT2D eigenvalue weighted by molar-refractivity contribution is 14.0. The fraction of sp³-hybridized carbons (Fsp3) is 0.471. The van der Waals surface area contributed by atoms with Gasteiger partial charge in [0.25, 0.3) is 0 Å². The molecule has 2 aromatic heterocycles. The van der Waals surface area contributed by atoms with E-state index in [1.807, 2.05) is 12.1 Å². The molecular weight excluding hydrogens is 437 g/mol. The molecule has 7 heteroatoms. The maximum atomic E-state index is 5.66. The Hall–Kier alpha value is -1.06. The first kappa shape index (κ1) is 19.3. The third-order valence-electron chi connectivity index (χ3n) is 3.74. The Morgan fingerprint density at radius 3 is 2.96 bits per heavy atom. The molecule has 0 spiro atoms. The molecule has 1 aliphatic heterocycles. The summed E-state index contributed by atoms with van der Waals surface area (Å²) >= 11 is 1.73. The van der Waals surface area contributed by atoms with E-state index in [-0.39, 0.29) is 24.0 Å². The van der Waals surface area contributed by atoms with Gasteiger partial charge in [0, 0.05) is 31.0 Å². The van der Waals surface area contributed by atoms with Gasteiger partial charge in [0.1, 0.15) is 5.76 Å². The van der Waals surface area contributed by atoms with Gasteiger partial charge in [-0.2, -0.15) is 0 Å². The third kappa shape index (κ3) is 6.45. The predicted molar refractivity (Wildman–Crippen MR) is 108 cm³/mol. The molecule has 3 heterocycles. The zero-order valence-corrected chi connectivity index (χ0v) is 16.7. The highest BCUT2D eigenvalue weighted by atomic mass is 127. The average Bonchev–Trinajstić information content (AvgIpc) is 3.33. The lowest BCUT2D eigenvalue weighted by Crippen LogP contribution is -2.41. The molecule has 0 amide bonds. The lowest BCUT2D eigenvalue weighted by Gasteiger charge is -2.15. The van der Waals surface area contributed by atoms with E-state index in [1.165, 1.54) is 4.88 Å². The van der Waals surface area contributed by atoms with Crippen LogP contribution in [0, 0.1) is 0 Å². The van der Waals surface area contributed by atoms with Crippen molar-refractivity contribution in [3.8, 4) is 0 Å². The summed E-state index contributed by atoms with van der Waals surface area (Å²) in [5.41, 5.74) is 0. The molecule has 3 rings (SSSR count). The second-order valence-corrected chi connectivity index (χ2v) is 6.55. The number of ether oxygens (including phenoxy) is 1. The van der Waals surface area contributed by atoms with Crippen LogP contribution in [0.4, 0.5) is 0 Å². The summed E-state index contributed by atoms with van der Waals surface area (Å²) in [5.74, 6) is 1.81. The van der Waals surface area contributed by atoms with Crippen molar-refractivity contribution < 1.29 is 9.15 Å². The van der Waals surface area contributed by atoms with Gasteiger partial charge in [0.05, 0.1) is 18.9 Å². The van der Waals surface area contributed by atoms with Crippen LogP contribution in [-0.4, -0.2) is 31.8 Å². The Balaban J connectivity index is 0.00000208. The molecule has 1 aliphatic rings. The standard InChI is InChI=1S/C17H23N3O2S.HI/c1-4-14(21-9-1)7-8-18-17(19-12-15-5-2-10-22-15)20-13-16-6-3-11-23-16;/h1,3-4,6,9,11,15H,2,5,7-8,10,12-13H2,(H2,18,19,20);1H. The number of rotatable bonds is 7. The van der Waals surface area contributed by atoms with Gasteiger partial charge in [-0.05, 0) is 36.4 Å². The Kier molecular flexibility index (Phi) is 8.62. The number of hydrogen-bond acceptors (Lipinski definition) is 4. The highest BCUT2D eigenvalue weighted by Crippen LogP contribution is 2.11.